The lowest BCUT2D eigenvalue weighted by Crippen LogP contribution is -2.60. The van der Waals surface area contributed by atoms with Crippen molar-refractivity contribution >= 4 is 34.6 Å². The SMILES string of the molecule is CC(O)C(NC(=O)C(N)Cc1ccccc1)C(=O)NC(Cc1c[nH]c2ccccc12)C(=O)NC(CCCCN)C(=O)O. The van der Waals surface area contributed by atoms with Gasteiger partial charge in [-0.2, -0.15) is 0 Å². The Labute approximate surface area is 244 Å². The van der Waals surface area contributed by atoms with Crippen molar-refractivity contribution in [3.63, 3.8) is 0 Å². The number of fused-ring (bicyclic) bond motifs is 1. The number of rotatable bonds is 16. The summed E-state index contributed by atoms with van der Waals surface area (Å²) < 4.78 is 0. The summed E-state index contributed by atoms with van der Waals surface area (Å²) in [6.45, 7) is 1.72. The van der Waals surface area contributed by atoms with E-state index in [1.54, 1.807) is 6.20 Å². The van der Waals surface area contributed by atoms with E-state index in [2.05, 4.69) is 20.9 Å². The number of amides is 3. The number of aliphatic hydroxyl groups excluding tert-OH is 1. The zero-order valence-corrected chi connectivity index (χ0v) is 23.6. The van der Waals surface area contributed by atoms with Crippen LogP contribution in [0.5, 0.6) is 0 Å². The van der Waals surface area contributed by atoms with E-state index in [0.29, 0.717) is 24.9 Å². The van der Waals surface area contributed by atoms with Crippen molar-refractivity contribution in [2.24, 2.45) is 11.5 Å². The number of hydrogen-bond donors (Lipinski definition) is 8. The molecule has 3 rings (SSSR count). The van der Waals surface area contributed by atoms with E-state index in [1.807, 2.05) is 54.6 Å². The second-order valence-corrected chi connectivity index (χ2v) is 10.3. The van der Waals surface area contributed by atoms with Gasteiger partial charge in [0.05, 0.1) is 12.1 Å². The molecule has 0 aliphatic carbocycles. The number of aromatic nitrogens is 1. The summed E-state index contributed by atoms with van der Waals surface area (Å²) in [5.74, 6) is -3.40. The van der Waals surface area contributed by atoms with Crippen molar-refractivity contribution in [2.75, 3.05) is 6.54 Å². The van der Waals surface area contributed by atoms with E-state index in [1.165, 1.54) is 6.92 Å². The Balaban J connectivity index is 1.79. The Kier molecular flexibility index (Phi) is 12.0. The number of aliphatic carboxylic acids is 1. The molecule has 3 amide bonds. The predicted molar refractivity (Wildman–Crippen MR) is 158 cm³/mol. The molecular weight excluding hydrogens is 540 g/mol. The quantitative estimate of drug-likeness (QED) is 0.110. The number of unbranched alkanes of at least 4 members (excludes halogenated alkanes) is 1. The Morgan fingerprint density at radius 3 is 2.19 bits per heavy atom. The number of aromatic amines is 1. The largest absolute Gasteiger partial charge is 0.480 e. The van der Waals surface area contributed by atoms with Gasteiger partial charge in [-0.1, -0.05) is 48.5 Å². The molecule has 12 nitrogen and oxygen atoms in total. The molecule has 0 saturated carbocycles. The fourth-order valence-electron chi connectivity index (χ4n) is 4.64. The van der Waals surface area contributed by atoms with E-state index in [4.69, 9.17) is 11.5 Å². The Hall–Kier alpha value is -4.26. The molecule has 0 spiro atoms. The van der Waals surface area contributed by atoms with Crippen LogP contribution in [-0.2, 0) is 32.0 Å². The second-order valence-electron chi connectivity index (χ2n) is 10.3. The lowest BCUT2D eigenvalue weighted by molar-refractivity contribution is -0.142. The molecule has 5 unspecified atom stereocenters. The van der Waals surface area contributed by atoms with Gasteiger partial charge >= 0.3 is 5.97 Å². The van der Waals surface area contributed by atoms with Crippen molar-refractivity contribution in [3.8, 4) is 0 Å². The highest BCUT2D eigenvalue weighted by Crippen LogP contribution is 2.19. The van der Waals surface area contributed by atoms with Crippen LogP contribution >= 0.6 is 0 Å². The number of nitrogens with two attached hydrogens (primary N) is 2. The van der Waals surface area contributed by atoms with E-state index < -0.39 is 54.0 Å². The van der Waals surface area contributed by atoms with E-state index in [9.17, 15) is 29.4 Å². The molecule has 1 aromatic heterocycles. The summed E-state index contributed by atoms with van der Waals surface area (Å²) in [7, 11) is 0. The van der Waals surface area contributed by atoms with Gasteiger partial charge in [0.15, 0.2) is 0 Å². The minimum absolute atomic E-state index is 0.0186. The van der Waals surface area contributed by atoms with Gasteiger partial charge in [-0.3, -0.25) is 14.4 Å². The fourth-order valence-corrected chi connectivity index (χ4v) is 4.64. The first-order valence-electron chi connectivity index (χ1n) is 14.0. The van der Waals surface area contributed by atoms with Gasteiger partial charge in [0.2, 0.25) is 17.7 Å². The highest BCUT2D eigenvalue weighted by atomic mass is 16.4. The van der Waals surface area contributed by atoms with Crippen molar-refractivity contribution in [3.05, 3.63) is 71.9 Å². The number of aliphatic hydroxyl groups is 1. The summed E-state index contributed by atoms with van der Waals surface area (Å²) in [4.78, 5) is 54.6. The Morgan fingerprint density at radius 1 is 0.857 bits per heavy atom. The van der Waals surface area contributed by atoms with Gasteiger partial charge in [0, 0.05) is 23.5 Å². The van der Waals surface area contributed by atoms with Crippen LogP contribution in [0.15, 0.2) is 60.8 Å². The molecule has 0 saturated heterocycles. The molecule has 0 bridgehead atoms. The van der Waals surface area contributed by atoms with Crippen molar-refractivity contribution in [1.82, 2.24) is 20.9 Å². The van der Waals surface area contributed by atoms with Crippen molar-refractivity contribution < 1.29 is 29.4 Å². The highest BCUT2D eigenvalue weighted by molar-refractivity contribution is 5.95. The molecule has 0 fully saturated rings. The molecule has 12 heteroatoms. The van der Waals surface area contributed by atoms with Crippen LogP contribution in [-0.4, -0.2) is 75.7 Å². The van der Waals surface area contributed by atoms with Crippen molar-refractivity contribution in [1.29, 1.82) is 0 Å². The Bertz CT molecular complexity index is 1340. The fraction of sp³-hybridized carbons (Fsp3) is 0.400. The molecule has 0 radical (unpaired) electrons. The average molecular weight is 581 g/mol. The zero-order chi connectivity index (χ0) is 30.6. The van der Waals surface area contributed by atoms with Gasteiger partial charge < -0.3 is 42.6 Å². The summed E-state index contributed by atoms with van der Waals surface area (Å²) in [5.41, 5.74) is 13.9. The summed E-state index contributed by atoms with van der Waals surface area (Å²) >= 11 is 0. The van der Waals surface area contributed by atoms with E-state index >= 15 is 0 Å². The topological polar surface area (TPSA) is 213 Å². The molecule has 1 heterocycles. The van der Waals surface area contributed by atoms with Crippen LogP contribution < -0.4 is 27.4 Å². The minimum Gasteiger partial charge on any atom is -0.480 e. The van der Waals surface area contributed by atoms with Gasteiger partial charge in [-0.05, 0) is 56.3 Å². The van der Waals surface area contributed by atoms with Crippen LogP contribution in [0.3, 0.4) is 0 Å². The maximum atomic E-state index is 13.4. The third kappa shape index (κ3) is 9.13. The highest BCUT2D eigenvalue weighted by Gasteiger charge is 2.33. The maximum absolute atomic E-state index is 13.4. The van der Waals surface area contributed by atoms with Crippen LogP contribution in [0.2, 0.25) is 0 Å². The minimum atomic E-state index is -1.42. The molecule has 5 atom stereocenters. The number of nitrogens with one attached hydrogen (secondary N) is 4. The third-order valence-electron chi connectivity index (χ3n) is 6.99. The van der Waals surface area contributed by atoms with Crippen LogP contribution in [0.25, 0.3) is 10.9 Å². The summed E-state index contributed by atoms with van der Waals surface area (Å²) in [6, 6.07) is 11.7. The normalized spacial score (nSPS) is 14.8. The average Bonchev–Trinajstić information content (AvgIpc) is 3.37. The zero-order valence-electron chi connectivity index (χ0n) is 23.6. The molecule has 10 N–H and O–H groups in total. The first-order chi connectivity index (χ1) is 20.1. The summed E-state index contributed by atoms with van der Waals surface area (Å²) in [5, 5.41) is 28.5. The first-order valence-corrected chi connectivity index (χ1v) is 14.0. The van der Waals surface area contributed by atoms with E-state index in [0.717, 1.165) is 16.5 Å². The molecule has 0 aliphatic rings. The van der Waals surface area contributed by atoms with Crippen LogP contribution in [0, 0.1) is 0 Å². The number of carbonyl (C=O) groups is 4. The molecule has 2 aromatic carbocycles. The standard InChI is InChI=1S/C30H40N6O6/c1-18(37)26(36-27(38)22(32)15-19-9-3-2-4-10-19)29(40)35-25(16-20-17-33-23-12-6-5-11-21(20)23)28(39)34-24(30(41)42)13-7-8-14-31/h2-6,9-12,17-18,22,24-26,33,37H,7-8,13-16,31-32H2,1H3,(H,34,39)(H,35,40)(H,36,38)(H,41,42). The van der Waals surface area contributed by atoms with Crippen molar-refractivity contribution in [2.45, 2.75) is 69.3 Å². The van der Waals surface area contributed by atoms with Gasteiger partial charge in [0.25, 0.3) is 0 Å². The first kappa shape index (κ1) is 32.3. The number of H-pyrrole nitrogens is 1. The van der Waals surface area contributed by atoms with Gasteiger partial charge in [-0.15, -0.1) is 0 Å². The molecule has 226 valence electrons. The molecule has 3 aromatic rings. The van der Waals surface area contributed by atoms with E-state index in [-0.39, 0.29) is 19.3 Å². The maximum Gasteiger partial charge on any atom is 0.326 e. The number of carboxylic acids is 1. The molecule has 0 aliphatic heterocycles. The molecular formula is C30H40N6O6. The number of carbonyl (C=O) groups excluding carboxylic acids is 3. The lowest BCUT2D eigenvalue weighted by Gasteiger charge is -2.26. The second kappa shape index (κ2) is 15.7. The smallest absolute Gasteiger partial charge is 0.326 e. The monoisotopic (exact) mass is 580 g/mol. The van der Waals surface area contributed by atoms with Gasteiger partial charge in [0.1, 0.15) is 18.1 Å². The number of carboxylic acid groups (broad SMARTS) is 1. The number of benzene rings is 2. The summed E-state index contributed by atoms with van der Waals surface area (Å²) in [6.07, 6.45) is 1.88. The Morgan fingerprint density at radius 2 is 1.52 bits per heavy atom. The number of para-hydroxylation sites is 1. The predicted octanol–water partition coefficient (Wildman–Crippen LogP) is 0.329. The molecule has 42 heavy (non-hydrogen) atoms. The van der Waals surface area contributed by atoms with Crippen LogP contribution in [0.1, 0.15) is 37.3 Å². The van der Waals surface area contributed by atoms with Gasteiger partial charge in [-0.25, -0.2) is 4.79 Å². The van der Waals surface area contributed by atoms with Crippen LogP contribution in [0.4, 0.5) is 0 Å². The third-order valence-corrected chi connectivity index (χ3v) is 6.99. The number of hydrogen-bond acceptors (Lipinski definition) is 7. The lowest BCUT2D eigenvalue weighted by atomic mass is 10.0.